The summed E-state index contributed by atoms with van der Waals surface area (Å²) in [6.07, 6.45) is 2.06. The van der Waals surface area contributed by atoms with Crippen LogP contribution in [0.2, 0.25) is 0 Å². The number of carboxylic acid groups (broad SMARTS) is 1. The highest BCUT2D eigenvalue weighted by Crippen LogP contribution is 2.30. The van der Waals surface area contributed by atoms with Crippen LogP contribution in [0.5, 0.6) is 11.5 Å². The van der Waals surface area contributed by atoms with E-state index in [-0.39, 0.29) is 23.4 Å². The lowest BCUT2D eigenvalue weighted by Crippen LogP contribution is -2.41. The fourth-order valence-corrected chi connectivity index (χ4v) is 2.76. The number of anilines is 1. The van der Waals surface area contributed by atoms with Gasteiger partial charge in [0.05, 0.1) is 18.7 Å². The molecule has 1 aromatic carbocycles. The molecule has 7 nitrogen and oxygen atoms in total. The van der Waals surface area contributed by atoms with Crippen LogP contribution < -0.4 is 20.1 Å². The summed E-state index contributed by atoms with van der Waals surface area (Å²) in [5.41, 5.74) is 0.0522. The van der Waals surface area contributed by atoms with Gasteiger partial charge in [0, 0.05) is 12.1 Å². The SMILES string of the molecule is COc1ccc(OC(F)F)c(NC(=O)NC2CCC(C(=O)O)CC2)c1. The molecule has 1 fully saturated rings. The molecule has 2 rings (SSSR count). The van der Waals surface area contributed by atoms with Crippen molar-refractivity contribution in [2.24, 2.45) is 5.92 Å². The molecule has 0 aromatic heterocycles. The number of amides is 2. The maximum atomic E-state index is 12.5. The van der Waals surface area contributed by atoms with Crippen molar-refractivity contribution in [3.05, 3.63) is 18.2 Å². The Labute approximate surface area is 143 Å². The number of hydrogen-bond acceptors (Lipinski definition) is 4. The molecule has 138 valence electrons. The summed E-state index contributed by atoms with van der Waals surface area (Å²) in [4.78, 5) is 23.0. The number of hydrogen-bond donors (Lipinski definition) is 3. The lowest BCUT2D eigenvalue weighted by molar-refractivity contribution is -0.142. The predicted octanol–water partition coefficient (Wildman–Crippen LogP) is 3.06. The molecule has 25 heavy (non-hydrogen) atoms. The van der Waals surface area contributed by atoms with Gasteiger partial charge in [0.15, 0.2) is 0 Å². The van der Waals surface area contributed by atoms with E-state index in [1.165, 1.54) is 25.3 Å². The first-order chi connectivity index (χ1) is 11.9. The molecule has 1 saturated carbocycles. The number of halogens is 2. The zero-order valence-electron chi connectivity index (χ0n) is 13.6. The summed E-state index contributed by atoms with van der Waals surface area (Å²) in [7, 11) is 1.41. The van der Waals surface area contributed by atoms with Gasteiger partial charge in [-0.2, -0.15) is 8.78 Å². The highest BCUT2D eigenvalue weighted by Gasteiger charge is 2.27. The first-order valence-corrected chi connectivity index (χ1v) is 7.82. The van der Waals surface area contributed by atoms with Gasteiger partial charge in [-0.25, -0.2) is 4.79 Å². The van der Waals surface area contributed by atoms with Gasteiger partial charge in [-0.3, -0.25) is 4.79 Å². The fraction of sp³-hybridized carbons (Fsp3) is 0.500. The van der Waals surface area contributed by atoms with E-state index >= 15 is 0 Å². The van der Waals surface area contributed by atoms with E-state index in [1.54, 1.807) is 0 Å². The topological polar surface area (TPSA) is 96.9 Å². The Kier molecular flexibility index (Phi) is 6.37. The van der Waals surface area contributed by atoms with E-state index in [9.17, 15) is 18.4 Å². The van der Waals surface area contributed by atoms with Crippen LogP contribution in [0.15, 0.2) is 18.2 Å². The lowest BCUT2D eigenvalue weighted by Gasteiger charge is -2.27. The van der Waals surface area contributed by atoms with E-state index in [2.05, 4.69) is 15.4 Å². The molecular weight excluding hydrogens is 338 g/mol. The van der Waals surface area contributed by atoms with E-state index in [0.717, 1.165) is 0 Å². The summed E-state index contributed by atoms with van der Waals surface area (Å²) < 4.78 is 34.3. The fourth-order valence-electron chi connectivity index (χ4n) is 2.76. The van der Waals surface area contributed by atoms with Crippen LogP contribution >= 0.6 is 0 Å². The van der Waals surface area contributed by atoms with Crippen molar-refractivity contribution in [2.75, 3.05) is 12.4 Å². The molecule has 1 aliphatic carbocycles. The minimum Gasteiger partial charge on any atom is -0.497 e. The van der Waals surface area contributed by atoms with Crippen LogP contribution in [0.25, 0.3) is 0 Å². The number of alkyl halides is 2. The molecule has 9 heteroatoms. The molecular formula is C16H20F2N2O5. The van der Waals surface area contributed by atoms with Crippen molar-refractivity contribution in [1.29, 1.82) is 0 Å². The van der Waals surface area contributed by atoms with Crippen LogP contribution in [-0.2, 0) is 4.79 Å². The summed E-state index contributed by atoms with van der Waals surface area (Å²) in [5, 5.41) is 14.2. The molecule has 0 radical (unpaired) electrons. The predicted molar refractivity (Wildman–Crippen MR) is 85.2 cm³/mol. The van der Waals surface area contributed by atoms with Crippen molar-refractivity contribution in [1.82, 2.24) is 5.32 Å². The van der Waals surface area contributed by atoms with Gasteiger partial charge >= 0.3 is 18.6 Å². The number of urea groups is 1. The lowest BCUT2D eigenvalue weighted by atomic mass is 9.86. The average Bonchev–Trinajstić information content (AvgIpc) is 2.56. The number of carbonyl (C=O) groups excluding carboxylic acids is 1. The van der Waals surface area contributed by atoms with Gasteiger partial charge in [-0.1, -0.05) is 0 Å². The Bertz CT molecular complexity index is 619. The summed E-state index contributed by atoms with van der Waals surface area (Å²) in [6, 6.07) is 3.34. The summed E-state index contributed by atoms with van der Waals surface area (Å²) in [5.74, 6) is -1.02. The molecule has 1 aliphatic rings. The number of nitrogens with one attached hydrogen (secondary N) is 2. The maximum Gasteiger partial charge on any atom is 0.387 e. The number of rotatable bonds is 6. The van der Waals surface area contributed by atoms with Gasteiger partial charge in [0.1, 0.15) is 11.5 Å². The van der Waals surface area contributed by atoms with Crippen LogP contribution in [-0.4, -0.2) is 36.9 Å². The minimum absolute atomic E-state index is 0.0522. The Morgan fingerprint density at radius 1 is 1.24 bits per heavy atom. The molecule has 0 atom stereocenters. The maximum absolute atomic E-state index is 12.5. The molecule has 0 heterocycles. The van der Waals surface area contributed by atoms with Gasteiger partial charge in [-0.05, 0) is 37.8 Å². The number of methoxy groups -OCH3 is 1. The van der Waals surface area contributed by atoms with E-state index in [4.69, 9.17) is 9.84 Å². The average molecular weight is 358 g/mol. The Balaban J connectivity index is 1.96. The smallest absolute Gasteiger partial charge is 0.387 e. The summed E-state index contributed by atoms with van der Waals surface area (Å²) in [6.45, 7) is -3.02. The molecule has 3 N–H and O–H groups in total. The molecule has 1 aromatic rings. The van der Waals surface area contributed by atoms with Crippen LogP contribution in [0.4, 0.5) is 19.3 Å². The van der Waals surface area contributed by atoms with E-state index in [0.29, 0.717) is 31.4 Å². The van der Waals surface area contributed by atoms with E-state index in [1.807, 2.05) is 0 Å². The number of carboxylic acids is 1. The number of carbonyl (C=O) groups is 2. The third-order valence-corrected chi connectivity index (χ3v) is 4.06. The van der Waals surface area contributed by atoms with Crippen molar-refractivity contribution in [2.45, 2.75) is 38.3 Å². The van der Waals surface area contributed by atoms with Crippen LogP contribution in [0, 0.1) is 5.92 Å². The molecule has 0 aliphatic heterocycles. The first kappa shape index (κ1) is 18.8. The minimum atomic E-state index is -3.02. The monoisotopic (exact) mass is 358 g/mol. The number of aliphatic carboxylic acids is 1. The highest BCUT2D eigenvalue weighted by atomic mass is 19.3. The largest absolute Gasteiger partial charge is 0.497 e. The standard InChI is InChI=1S/C16H20F2N2O5/c1-24-11-6-7-13(25-15(17)18)12(8-11)20-16(23)19-10-4-2-9(3-5-10)14(21)22/h6-10,15H,2-5H2,1H3,(H,21,22)(H2,19,20,23). The van der Waals surface area contributed by atoms with Gasteiger partial charge < -0.3 is 25.2 Å². The summed E-state index contributed by atoms with van der Waals surface area (Å²) >= 11 is 0. The molecule has 0 unspecified atom stereocenters. The normalized spacial score (nSPS) is 20.0. The quantitative estimate of drug-likeness (QED) is 0.726. The zero-order chi connectivity index (χ0) is 18.4. The first-order valence-electron chi connectivity index (χ1n) is 7.82. The van der Waals surface area contributed by atoms with Crippen LogP contribution in [0.1, 0.15) is 25.7 Å². The van der Waals surface area contributed by atoms with Gasteiger partial charge in [0.25, 0.3) is 0 Å². The second-order valence-electron chi connectivity index (χ2n) is 5.73. The van der Waals surface area contributed by atoms with Crippen molar-refractivity contribution in [3.8, 4) is 11.5 Å². The van der Waals surface area contributed by atoms with Crippen molar-refractivity contribution >= 4 is 17.7 Å². The number of benzene rings is 1. The third-order valence-electron chi connectivity index (χ3n) is 4.06. The second-order valence-corrected chi connectivity index (χ2v) is 5.73. The molecule has 0 spiro atoms. The highest BCUT2D eigenvalue weighted by molar-refractivity contribution is 5.91. The Hall–Kier alpha value is -2.58. The van der Waals surface area contributed by atoms with E-state index < -0.39 is 18.6 Å². The van der Waals surface area contributed by atoms with Crippen LogP contribution in [0.3, 0.4) is 0 Å². The Morgan fingerprint density at radius 3 is 2.48 bits per heavy atom. The Morgan fingerprint density at radius 2 is 1.92 bits per heavy atom. The molecule has 0 bridgehead atoms. The van der Waals surface area contributed by atoms with Gasteiger partial charge in [0.2, 0.25) is 0 Å². The number of ether oxygens (including phenoxy) is 2. The zero-order valence-corrected chi connectivity index (χ0v) is 13.6. The molecule has 2 amide bonds. The third kappa shape index (κ3) is 5.47. The van der Waals surface area contributed by atoms with Crippen molar-refractivity contribution < 1.29 is 33.0 Å². The molecule has 0 saturated heterocycles. The van der Waals surface area contributed by atoms with Gasteiger partial charge in [-0.15, -0.1) is 0 Å². The second kappa shape index (κ2) is 8.50. The van der Waals surface area contributed by atoms with Crippen molar-refractivity contribution in [3.63, 3.8) is 0 Å².